The van der Waals surface area contributed by atoms with Crippen molar-refractivity contribution >= 4 is 16.7 Å². The van der Waals surface area contributed by atoms with Crippen molar-refractivity contribution in [1.29, 1.82) is 5.26 Å². The molecule has 4 heteroatoms. The summed E-state index contributed by atoms with van der Waals surface area (Å²) in [5.74, 6) is 0.789. The summed E-state index contributed by atoms with van der Waals surface area (Å²) in [4.78, 5) is 6.88. The molecule has 108 valence electrons. The quantitative estimate of drug-likeness (QED) is 0.918. The van der Waals surface area contributed by atoms with Gasteiger partial charge in [0.25, 0.3) is 0 Å². The molecule has 1 fully saturated rings. The van der Waals surface area contributed by atoms with Crippen molar-refractivity contribution in [2.24, 2.45) is 5.73 Å². The molecule has 2 aromatic rings. The third-order valence-electron chi connectivity index (χ3n) is 4.45. The maximum Gasteiger partial charge on any atom is 0.147 e. The van der Waals surface area contributed by atoms with Crippen LogP contribution in [0.4, 0.5) is 5.82 Å². The normalized spacial score (nSPS) is 22.0. The molecule has 1 aliphatic rings. The van der Waals surface area contributed by atoms with E-state index in [0.717, 1.165) is 42.4 Å². The van der Waals surface area contributed by atoms with Gasteiger partial charge in [-0.1, -0.05) is 18.2 Å². The molecule has 4 nitrogen and oxygen atoms in total. The molecule has 1 aromatic carbocycles. The monoisotopic (exact) mass is 280 g/mol. The summed E-state index contributed by atoms with van der Waals surface area (Å²) in [6.45, 7) is 0. The number of nitrogens with zero attached hydrogens (tertiary/aromatic N) is 3. The van der Waals surface area contributed by atoms with Crippen LogP contribution in [-0.2, 0) is 0 Å². The van der Waals surface area contributed by atoms with Gasteiger partial charge in [-0.2, -0.15) is 5.26 Å². The summed E-state index contributed by atoms with van der Waals surface area (Å²) in [7, 11) is 2.04. The Morgan fingerprint density at radius 1 is 1.24 bits per heavy atom. The number of hydrogen-bond acceptors (Lipinski definition) is 4. The van der Waals surface area contributed by atoms with Gasteiger partial charge in [-0.15, -0.1) is 0 Å². The van der Waals surface area contributed by atoms with Crippen molar-refractivity contribution in [3.05, 3.63) is 35.9 Å². The highest BCUT2D eigenvalue weighted by molar-refractivity contribution is 5.83. The van der Waals surface area contributed by atoms with E-state index in [9.17, 15) is 5.26 Å². The van der Waals surface area contributed by atoms with E-state index in [1.807, 2.05) is 37.4 Å². The Balaban J connectivity index is 1.96. The van der Waals surface area contributed by atoms with Gasteiger partial charge in [0.2, 0.25) is 0 Å². The average molecular weight is 280 g/mol. The fraction of sp³-hybridized carbons (Fsp3) is 0.412. The molecule has 1 saturated carbocycles. The van der Waals surface area contributed by atoms with Crippen LogP contribution in [-0.4, -0.2) is 24.1 Å². The summed E-state index contributed by atoms with van der Waals surface area (Å²) < 4.78 is 0. The third-order valence-corrected chi connectivity index (χ3v) is 4.45. The molecule has 21 heavy (non-hydrogen) atoms. The Hall–Kier alpha value is -2.12. The van der Waals surface area contributed by atoms with Crippen molar-refractivity contribution in [2.75, 3.05) is 11.9 Å². The standard InChI is InChI=1S/C17H20N4/c1-21(15-8-6-14(19)7-9-15)17-13(11-18)10-12-4-2-3-5-16(12)20-17/h2-5,10,14-15H,6-9,19H2,1H3. The number of nitriles is 1. The second-order valence-electron chi connectivity index (χ2n) is 5.84. The van der Waals surface area contributed by atoms with Crippen molar-refractivity contribution in [1.82, 2.24) is 4.98 Å². The van der Waals surface area contributed by atoms with Crippen LogP contribution in [0, 0.1) is 11.3 Å². The van der Waals surface area contributed by atoms with Gasteiger partial charge < -0.3 is 10.6 Å². The lowest BCUT2D eigenvalue weighted by atomic mass is 9.91. The number of anilines is 1. The number of benzene rings is 1. The van der Waals surface area contributed by atoms with Gasteiger partial charge in [0.05, 0.1) is 11.1 Å². The minimum atomic E-state index is 0.328. The van der Waals surface area contributed by atoms with E-state index in [4.69, 9.17) is 10.7 Å². The van der Waals surface area contributed by atoms with E-state index in [0.29, 0.717) is 17.6 Å². The van der Waals surface area contributed by atoms with Gasteiger partial charge in [-0.25, -0.2) is 4.98 Å². The molecule has 0 saturated heterocycles. The van der Waals surface area contributed by atoms with Gasteiger partial charge in [0, 0.05) is 24.5 Å². The molecule has 0 bridgehead atoms. The highest BCUT2D eigenvalue weighted by Crippen LogP contribution is 2.28. The van der Waals surface area contributed by atoms with Crippen molar-refractivity contribution in [3.8, 4) is 6.07 Å². The second kappa shape index (κ2) is 5.71. The molecule has 0 radical (unpaired) electrons. The number of pyridine rings is 1. The minimum absolute atomic E-state index is 0.328. The lowest BCUT2D eigenvalue weighted by molar-refractivity contribution is 0.384. The first-order chi connectivity index (χ1) is 10.2. The Bertz CT molecular complexity index is 681. The molecule has 0 spiro atoms. The molecule has 0 amide bonds. The largest absolute Gasteiger partial charge is 0.356 e. The smallest absolute Gasteiger partial charge is 0.147 e. The van der Waals surface area contributed by atoms with Crippen LogP contribution in [0.2, 0.25) is 0 Å². The summed E-state index contributed by atoms with van der Waals surface area (Å²) in [6.07, 6.45) is 4.23. The predicted octanol–water partition coefficient (Wildman–Crippen LogP) is 2.81. The summed E-state index contributed by atoms with van der Waals surface area (Å²) in [5.41, 5.74) is 7.56. The molecular formula is C17H20N4. The maximum absolute atomic E-state index is 9.43. The van der Waals surface area contributed by atoms with Gasteiger partial charge in [0.1, 0.15) is 11.9 Å². The molecule has 1 aliphatic carbocycles. The predicted molar refractivity (Wildman–Crippen MR) is 85.1 cm³/mol. The van der Waals surface area contributed by atoms with Crippen molar-refractivity contribution in [2.45, 2.75) is 37.8 Å². The highest BCUT2D eigenvalue weighted by atomic mass is 15.2. The molecule has 0 unspecified atom stereocenters. The molecular weight excluding hydrogens is 260 g/mol. The van der Waals surface area contributed by atoms with Gasteiger partial charge in [-0.3, -0.25) is 0 Å². The van der Waals surface area contributed by atoms with Gasteiger partial charge in [0.15, 0.2) is 0 Å². The first-order valence-corrected chi connectivity index (χ1v) is 7.47. The molecule has 0 atom stereocenters. The SMILES string of the molecule is CN(c1nc2ccccc2cc1C#N)C1CCC(N)CC1. The van der Waals surface area contributed by atoms with Crippen LogP contribution in [0.15, 0.2) is 30.3 Å². The number of rotatable bonds is 2. The van der Waals surface area contributed by atoms with Crippen molar-refractivity contribution in [3.63, 3.8) is 0 Å². The van der Waals surface area contributed by atoms with E-state index in [1.54, 1.807) is 0 Å². The number of hydrogen-bond donors (Lipinski definition) is 1. The van der Waals surface area contributed by atoms with E-state index < -0.39 is 0 Å². The Kier molecular flexibility index (Phi) is 3.76. The zero-order chi connectivity index (χ0) is 14.8. The van der Waals surface area contributed by atoms with Crippen LogP contribution in [0.5, 0.6) is 0 Å². The first kappa shape index (κ1) is 13.8. The average Bonchev–Trinajstić information content (AvgIpc) is 2.53. The fourth-order valence-corrected chi connectivity index (χ4v) is 3.12. The number of fused-ring (bicyclic) bond motifs is 1. The van der Waals surface area contributed by atoms with E-state index >= 15 is 0 Å². The topological polar surface area (TPSA) is 65.9 Å². The molecule has 1 aromatic heterocycles. The van der Waals surface area contributed by atoms with Crippen LogP contribution in [0.25, 0.3) is 10.9 Å². The summed E-state index contributed by atoms with van der Waals surface area (Å²) in [6, 6.07) is 12.9. The van der Waals surface area contributed by atoms with Crippen LogP contribution >= 0.6 is 0 Å². The Morgan fingerprint density at radius 2 is 1.95 bits per heavy atom. The van der Waals surface area contributed by atoms with Gasteiger partial charge in [-0.05, 0) is 37.8 Å². The molecule has 1 heterocycles. The van der Waals surface area contributed by atoms with E-state index in [1.165, 1.54) is 0 Å². The van der Waals surface area contributed by atoms with E-state index in [-0.39, 0.29) is 0 Å². The second-order valence-corrected chi connectivity index (χ2v) is 5.84. The lowest BCUT2D eigenvalue weighted by Gasteiger charge is -2.34. The third kappa shape index (κ3) is 2.70. The first-order valence-electron chi connectivity index (χ1n) is 7.47. The lowest BCUT2D eigenvalue weighted by Crippen LogP contribution is -2.39. The molecule has 2 N–H and O–H groups in total. The molecule has 3 rings (SSSR count). The highest BCUT2D eigenvalue weighted by Gasteiger charge is 2.24. The van der Waals surface area contributed by atoms with E-state index in [2.05, 4.69) is 11.0 Å². The van der Waals surface area contributed by atoms with Crippen LogP contribution < -0.4 is 10.6 Å². The summed E-state index contributed by atoms with van der Waals surface area (Å²) >= 11 is 0. The number of para-hydroxylation sites is 1. The Labute approximate surface area is 125 Å². The van der Waals surface area contributed by atoms with Crippen molar-refractivity contribution < 1.29 is 0 Å². The number of aromatic nitrogens is 1. The van der Waals surface area contributed by atoms with Crippen LogP contribution in [0.3, 0.4) is 0 Å². The molecule has 0 aliphatic heterocycles. The van der Waals surface area contributed by atoms with Crippen LogP contribution in [0.1, 0.15) is 31.2 Å². The maximum atomic E-state index is 9.43. The summed E-state index contributed by atoms with van der Waals surface area (Å²) in [5, 5.41) is 10.4. The fourth-order valence-electron chi connectivity index (χ4n) is 3.12. The Morgan fingerprint density at radius 3 is 2.67 bits per heavy atom. The zero-order valence-electron chi connectivity index (χ0n) is 12.3. The minimum Gasteiger partial charge on any atom is -0.356 e. The zero-order valence-corrected chi connectivity index (χ0v) is 12.3. The number of nitrogens with two attached hydrogens (primary N) is 1. The van der Waals surface area contributed by atoms with Gasteiger partial charge >= 0.3 is 0 Å².